The van der Waals surface area contributed by atoms with Gasteiger partial charge in [0, 0.05) is 37.8 Å². The summed E-state index contributed by atoms with van der Waals surface area (Å²) in [6.07, 6.45) is 1.44. The molecule has 304 valence electrons. The highest BCUT2D eigenvalue weighted by molar-refractivity contribution is 5.97. The van der Waals surface area contributed by atoms with Crippen LogP contribution in [0.1, 0.15) is 45.6 Å². The van der Waals surface area contributed by atoms with E-state index in [0.717, 1.165) is 4.90 Å². The molecule has 0 aliphatic heterocycles. The molecule has 0 saturated carbocycles. The van der Waals surface area contributed by atoms with Crippen molar-refractivity contribution in [3.63, 3.8) is 0 Å². The fourth-order valence-corrected chi connectivity index (χ4v) is 4.74. The van der Waals surface area contributed by atoms with Crippen molar-refractivity contribution in [1.29, 1.82) is 0 Å². The van der Waals surface area contributed by atoms with E-state index in [4.69, 9.17) is 24.8 Å². The third-order valence-electron chi connectivity index (χ3n) is 8.04. The molecule has 4 amide bonds. The lowest BCUT2D eigenvalue weighted by Crippen LogP contribution is -2.46. The molecule has 1 aromatic carbocycles. The van der Waals surface area contributed by atoms with E-state index in [2.05, 4.69) is 21.3 Å². The van der Waals surface area contributed by atoms with Gasteiger partial charge in [0.05, 0.1) is 52.6 Å². The van der Waals surface area contributed by atoms with Crippen molar-refractivity contribution in [2.24, 2.45) is 11.8 Å². The lowest BCUT2D eigenvalue weighted by molar-refractivity contribution is -0.143. The number of aliphatic hydroxyl groups is 1. The van der Waals surface area contributed by atoms with Crippen molar-refractivity contribution in [3.05, 3.63) is 29.8 Å². The van der Waals surface area contributed by atoms with Crippen molar-refractivity contribution in [2.45, 2.75) is 52.7 Å². The van der Waals surface area contributed by atoms with Gasteiger partial charge >= 0.3 is 17.9 Å². The first-order valence-electron chi connectivity index (χ1n) is 17.7. The number of amides is 4. The molecule has 0 radical (unpaired) electrons. The molecule has 0 spiro atoms. The molecular formula is C35H56N6O13. The van der Waals surface area contributed by atoms with Gasteiger partial charge in [-0.15, -0.1) is 0 Å². The molecule has 0 saturated heterocycles. The summed E-state index contributed by atoms with van der Waals surface area (Å²) in [6, 6.07) is 5.95. The average molecular weight is 769 g/mol. The SMILES string of the molecule is CC(C)[C@H](C)C(=O)N[C@@H](CCCCNC(=O)COCCOCCNC(=O)CN(CCN(CC(=O)O)CC(=O)O)CC(=O)O)C(=O)Nc1ccc(CO)cc1. The molecule has 2 atom stereocenters. The Labute approximate surface area is 314 Å². The third kappa shape index (κ3) is 22.4. The Morgan fingerprint density at radius 1 is 0.685 bits per heavy atom. The van der Waals surface area contributed by atoms with Gasteiger partial charge in [-0.05, 0) is 42.9 Å². The van der Waals surface area contributed by atoms with Crippen molar-refractivity contribution in [2.75, 3.05) is 84.1 Å². The monoisotopic (exact) mass is 768 g/mol. The number of nitrogens with zero attached hydrogens (tertiary/aromatic N) is 2. The molecular weight excluding hydrogens is 712 g/mol. The van der Waals surface area contributed by atoms with Crippen molar-refractivity contribution in [1.82, 2.24) is 25.8 Å². The first kappa shape index (κ1) is 47.3. The van der Waals surface area contributed by atoms with Gasteiger partial charge in [-0.1, -0.05) is 32.9 Å². The second kappa shape index (κ2) is 27.0. The van der Waals surface area contributed by atoms with Crippen molar-refractivity contribution >= 4 is 47.2 Å². The van der Waals surface area contributed by atoms with Gasteiger partial charge in [-0.25, -0.2) is 0 Å². The van der Waals surface area contributed by atoms with E-state index >= 15 is 0 Å². The van der Waals surface area contributed by atoms with Crippen LogP contribution in [0.5, 0.6) is 0 Å². The zero-order chi connectivity index (χ0) is 40.5. The Hall–Kier alpha value is -4.69. The molecule has 8 N–H and O–H groups in total. The van der Waals surface area contributed by atoms with Crippen LogP contribution in [0.25, 0.3) is 0 Å². The summed E-state index contributed by atoms with van der Waals surface area (Å²) >= 11 is 0. The molecule has 19 nitrogen and oxygen atoms in total. The van der Waals surface area contributed by atoms with E-state index in [1.807, 2.05) is 13.8 Å². The summed E-state index contributed by atoms with van der Waals surface area (Å²) in [4.78, 5) is 85.8. The molecule has 0 heterocycles. The van der Waals surface area contributed by atoms with Crippen LogP contribution in [-0.2, 0) is 49.6 Å². The maximum absolute atomic E-state index is 13.0. The number of rotatable bonds is 30. The van der Waals surface area contributed by atoms with E-state index in [-0.39, 0.29) is 88.8 Å². The Bertz CT molecular complexity index is 1330. The Balaban J connectivity index is 2.32. The average Bonchev–Trinajstić information content (AvgIpc) is 3.09. The van der Waals surface area contributed by atoms with Crippen LogP contribution in [0.2, 0.25) is 0 Å². The molecule has 0 aliphatic carbocycles. The van der Waals surface area contributed by atoms with Crippen molar-refractivity contribution < 1.29 is 63.5 Å². The minimum absolute atomic E-state index is 0.0536. The highest BCUT2D eigenvalue weighted by Gasteiger charge is 2.25. The van der Waals surface area contributed by atoms with E-state index < -0.39 is 49.5 Å². The fourth-order valence-electron chi connectivity index (χ4n) is 4.74. The molecule has 54 heavy (non-hydrogen) atoms. The highest BCUT2D eigenvalue weighted by Crippen LogP contribution is 2.14. The molecule has 1 aromatic rings. The number of unbranched alkanes of at least 4 members (excludes halogenated alkanes) is 1. The Kier molecular flexibility index (Phi) is 23.6. The second-order valence-electron chi connectivity index (χ2n) is 12.9. The van der Waals surface area contributed by atoms with E-state index in [1.165, 1.54) is 4.90 Å². The van der Waals surface area contributed by atoms with Gasteiger partial charge in [0.15, 0.2) is 0 Å². The molecule has 0 aromatic heterocycles. The fraction of sp³-hybridized carbons (Fsp3) is 0.629. The minimum Gasteiger partial charge on any atom is -0.480 e. The summed E-state index contributed by atoms with van der Waals surface area (Å²) in [7, 11) is 0. The van der Waals surface area contributed by atoms with Gasteiger partial charge in [0.25, 0.3) is 0 Å². The number of hydrogen-bond donors (Lipinski definition) is 8. The summed E-state index contributed by atoms with van der Waals surface area (Å²) < 4.78 is 10.7. The Morgan fingerprint density at radius 2 is 1.24 bits per heavy atom. The van der Waals surface area contributed by atoms with Crippen LogP contribution in [-0.4, -0.2) is 157 Å². The van der Waals surface area contributed by atoms with Crippen LogP contribution >= 0.6 is 0 Å². The molecule has 19 heteroatoms. The zero-order valence-electron chi connectivity index (χ0n) is 31.2. The highest BCUT2D eigenvalue weighted by atomic mass is 16.5. The normalized spacial score (nSPS) is 12.3. The summed E-state index contributed by atoms with van der Waals surface area (Å²) in [5.74, 6) is -5.34. The molecule has 0 unspecified atom stereocenters. The topological polar surface area (TPSA) is 273 Å². The first-order chi connectivity index (χ1) is 25.6. The lowest BCUT2D eigenvalue weighted by atomic mass is 9.96. The maximum Gasteiger partial charge on any atom is 0.317 e. The largest absolute Gasteiger partial charge is 0.480 e. The summed E-state index contributed by atoms with van der Waals surface area (Å²) in [6.45, 7) is 4.03. The summed E-state index contributed by atoms with van der Waals surface area (Å²) in [5, 5.41) is 47.2. The van der Waals surface area contributed by atoms with E-state index in [9.17, 15) is 38.7 Å². The van der Waals surface area contributed by atoms with Gasteiger partial charge in [0.2, 0.25) is 23.6 Å². The molecule has 0 aliphatic rings. The third-order valence-corrected chi connectivity index (χ3v) is 8.04. The number of carboxylic acids is 3. The number of hydrogen-bond acceptors (Lipinski definition) is 12. The number of aliphatic hydroxyl groups excluding tert-OH is 1. The Morgan fingerprint density at radius 3 is 1.80 bits per heavy atom. The number of ether oxygens (including phenoxy) is 2. The molecule has 0 bridgehead atoms. The van der Waals surface area contributed by atoms with E-state index in [0.29, 0.717) is 37.1 Å². The van der Waals surface area contributed by atoms with Crippen LogP contribution in [0, 0.1) is 11.8 Å². The van der Waals surface area contributed by atoms with Crippen LogP contribution in [0.4, 0.5) is 5.69 Å². The predicted octanol–water partition coefficient (Wildman–Crippen LogP) is -0.812. The quantitative estimate of drug-likeness (QED) is 0.0445. The lowest BCUT2D eigenvalue weighted by Gasteiger charge is -2.24. The number of carbonyl (C=O) groups is 7. The van der Waals surface area contributed by atoms with Gasteiger partial charge in [0.1, 0.15) is 12.6 Å². The minimum atomic E-state index is -1.24. The van der Waals surface area contributed by atoms with Gasteiger partial charge in [-0.3, -0.25) is 43.4 Å². The number of carbonyl (C=O) groups excluding carboxylic acids is 4. The first-order valence-corrected chi connectivity index (χ1v) is 17.7. The summed E-state index contributed by atoms with van der Waals surface area (Å²) in [5.41, 5.74) is 1.24. The van der Waals surface area contributed by atoms with Crippen LogP contribution in [0.15, 0.2) is 24.3 Å². The van der Waals surface area contributed by atoms with E-state index in [1.54, 1.807) is 31.2 Å². The number of aliphatic carboxylic acids is 3. The standard InChI is InChI=1S/C35H56N6O13/c1-24(2)25(3)34(51)39-28(35(52)38-27-9-7-26(22-42)8-10-27)6-4-5-11-36-30(44)23-54-17-16-53-15-12-37-29(43)18-40(19-31(45)46)13-14-41(20-32(47)48)21-33(49)50/h7-10,24-25,28,42H,4-6,11-23H2,1-3H3,(H,36,44)(H,37,43)(H,38,52)(H,39,51)(H,45,46)(H,47,48)(H,49,50)/t25-,28-/m0/s1. The number of benzene rings is 1. The van der Waals surface area contributed by atoms with Gasteiger partial charge in [-0.2, -0.15) is 0 Å². The van der Waals surface area contributed by atoms with Crippen molar-refractivity contribution in [3.8, 4) is 0 Å². The van der Waals surface area contributed by atoms with Crippen LogP contribution in [0.3, 0.4) is 0 Å². The zero-order valence-corrected chi connectivity index (χ0v) is 31.2. The van der Waals surface area contributed by atoms with Crippen LogP contribution < -0.4 is 21.3 Å². The number of nitrogens with one attached hydrogen (secondary N) is 4. The maximum atomic E-state index is 13.0. The smallest absolute Gasteiger partial charge is 0.317 e. The number of anilines is 1. The molecule has 0 fully saturated rings. The molecule has 1 rings (SSSR count). The van der Waals surface area contributed by atoms with Gasteiger partial charge < -0.3 is 51.2 Å². The number of carboxylic acid groups (broad SMARTS) is 3. The second-order valence-corrected chi connectivity index (χ2v) is 12.9. The predicted molar refractivity (Wildman–Crippen MR) is 194 cm³/mol.